The summed E-state index contributed by atoms with van der Waals surface area (Å²) < 4.78 is 11.1. The minimum atomic E-state index is 0.0780. The van der Waals surface area contributed by atoms with Gasteiger partial charge in [0.05, 0.1) is 19.3 Å². The highest BCUT2D eigenvalue weighted by Crippen LogP contribution is 2.21. The van der Waals surface area contributed by atoms with Crippen LogP contribution in [0.1, 0.15) is 27.7 Å². The van der Waals surface area contributed by atoms with Gasteiger partial charge in [0, 0.05) is 37.6 Å². The van der Waals surface area contributed by atoms with Gasteiger partial charge in [0.15, 0.2) is 5.82 Å². The van der Waals surface area contributed by atoms with Gasteiger partial charge in [-0.05, 0) is 27.7 Å². The smallest absolute Gasteiger partial charge is 0.257 e. The van der Waals surface area contributed by atoms with Gasteiger partial charge >= 0.3 is 0 Å². The average Bonchev–Trinajstić information content (AvgIpc) is 2.49. The third-order valence-corrected chi connectivity index (χ3v) is 3.72. The van der Waals surface area contributed by atoms with Crippen molar-refractivity contribution < 1.29 is 9.47 Å². The van der Waals surface area contributed by atoms with Crippen molar-refractivity contribution in [3.63, 3.8) is 0 Å². The highest BCUT2D eigenvalue weighted by molar-refractivity contribution is 5.45. The minimum Gasteiger partial charge on any atom is -0.472 e. The summed E-state index contributed by atoms with van der Waals surface area (Å²) in [5.74, 6) is 1.27. The first kappa shape index (κ1) is 16.0. The molecule has 0 amide bonds. The number of nitrogens with one attached hydrogen (secondary N) is 1. The normalized spacial score (nSPS) is 19.3. The van der Waals surface area contributed by atoms with E-state index in [2.05, 4.69) is 34.0 Å². The fraction of sp³-hybridized carbons (Fsp3) is 0.733. The van der Waals surface area contributed by atoms with Gasteiger partial charge in [-0.2, -0.15) is 0 Å². The number of anilines is 1. The van der Waals surface area contributed by atoms with Crippen LogP contribution in [0.3, 0.4) is 0 Å². The van der Waals surface area contributed by atoms with Crippen molar-refractivity contribution in [3.05, 3.63) is 12.4 Å². The fourth-order valence-corrected chi connectivity index (χ4v) is 2.37. The minimum absolute atomic E-state index is 0.0780. The van der Waals surface area contributed by atoms with Crippen LogP contribution in [0, 0.1) is 0 Å². The van der Waals surface area contributed by atoms with Crippen molar-refractivity contribution in [3.8, 4) is 5.88 Å². The van der Waals surface area contributed by atoms with E-state index in [1.54, 1.807) is 12.4 Å². The number of ether oxygens (including phenoxy) is 2. The molecule has 0 spiro atoms. The summed E-state index contributed by atoms with van der Waals surface area (Å²) in [5, 5.41) is 3.43. The maximum Gasteiger partial charge on any atom is 0.257 e. The molecule has 1 N–H and O–H groups in total. The van der Waals surface area contributed by atoms with Crippen LogP contribution in [0.15, 0.2) is 12.4 Å². The van der Waals surface area contributed by atoms with Gasteiger partial charge in [-0.3, -0.25) is 4.90 Å². The summed E-state index contributed by atoms with van der Waals surface area (Å²) >= 11 is 0. The van der Waals surface area contributed by atoms with E-state index in [9.17, 15) is 0 Å². The molecule has 2 atom stereocenters. The van der Waals surface area contributed by atoms with Gasteiger partial charge < -0.3 is 14.8 Å². The first-order valence-electron chi connectivity index (χ1n) is 7.64. The Morgan fingerprint density at radius 3 is 2.48 bits per heavy atom. The molecule has 21 heavy (non-hydrogen) atoms. The first-order valence-corrected chi connectivity index (χ1v) is 7.64. The summed E-state index contributed by atoms with van der Waals surface area (Å²) in [5.41, 5.74) is 0. The zero-order valence-electron chi connectivity index (χ0n) is 13.4. The molecule has 2 unspecified atom stereocenters. The fourth-order valence-electron chi connectivity index (χ4n) is 2.37. The summed E-state index contributed by atoms with van der Waals surface area (Å²) in [4.78, 5) is 11.1. The molecule has 1 aliphatic rings. The van der Waals surface area contributed by atoms with Crippen molar-refractivity contribution in [2.24, 2.45) is 0 Å². The molecule has 1 fully saturated rings. The van der Waals surface area contributed by atoms with Crippen LogP contribution in [0.2, 0.25) is 0 Å². The summed E-state index contributed by atoms with van der Waals surface area (Å²) in [6.45, 7) is 11.9. The van der Waals surface area contributed by atoms with Gasteiger partial charge in [-0.1, -0.05) is 0 Å². The van der Waals surface area contributed by atoms with E-state index < -0.39 is 0 Å². The third kappa shape index (κ3) is 4.54. The first-order chi connectivity index (χ1) is 10.1. The molecule has 6 nitrogen and oxygen atoms in total. The Bertz CT molecular complexity index is 435. The largest absolute Gasteiger partial charge is 0.472 e. The van der Waals surface area contributed by atoms with Gasteiger partial charge in [-0.15, -0.1) is 0 Å². The number of hydrogen-bond acceptors (Lipinski definition) is 6. The Labute approximate surface area is 126 Å². The number of aromatic nitrogens is 2. The molecule has 0 bridgehead atoms. The highest BCUT2D eigenvalue weighted by Gasteiger charge is 2.23. The van der Waals surface area contributed by atoms with E-state index in [-0.39, 0.29) is 12.1 Å². The van der Waals surface area contributed by atoms with Crippen molar-refractivity contribution >= 4 is 5.82 Å². The number of nitrogens with zero attached hydrogens (tertiary/aromatic N) is 3. The second-order valence-corrected chi connectivity index (χ2v) is 5.70. The SMILES string of the molecule is CC(C)Oc1nccnc1NC(C)C(C)N1CCOCC1. The average molecular weight is 294 g/mol. The van der Waals surface area contributed by atoms with Crippen LogP contribution in [-0.4, -0.2) is 59.4 Å². The molecule has 1 aromatic heterocycles. The van der Waals surface area contributed by atoms with E-state index in [0.717, 1.165) is 26.3 Å². The van der Waals surface area contributed by atoms with E-state index in [4.69, 9.17) is 9.47 Å². The van der Waals surface area contributed by atoms with Crippen LogP contribution >= 0.6 is 0 Å². The molecule has 1 aromatic rings. The van der Waals surface area contributed by atoms with Crippen LogP contribution in [0.5, 0.6) is 5.88 Å². The second kappa shape index (κ2) is 7.56. The molecular weight excluding hydrogens is 268 g/mol. The zero-order valence-corrected chi connectivity index (χ0v) is 13.4. The molecule has 0 radical (unpaired) electrons. The monoisotopic (exact) mass is 294 g/mol. The second-order valence-electron chi connectivity index (χ2n) is 5.70. The van der Waals surface area contributed by atoms with Gasteiger partial charge in [0.1, 0.15) is 0 Å². The maximum absolute atomic E-state index is 5.70. The van der Waals surface area contributed by atoms with Crippen LogP contribution in [-0.2, 0) is 4.74 Å². The highest BCUT2D eigenvalue weighted by atomic mass is 16.5. The number of morpholine rings is 1. The molecule has 2 rings (SSSR count). The summed E-state index contributed by atoms with van der Waals surface area (Å²) in [7, 11) is 0. The lowest BCUT2D eigenvalue weighted by atomic mass is 10.1. The number of hydrogen-bond donors (Lipinski definition) is 1. The van der Waals surface area contributed by atoms with Crippen molar-refractivity contribution in [2.45, 2.75) is 45.9 Å². The van der Waals surface area contributed by atoms with E-state index in [0.29, 0.717) is 17.7 Å². The van der Waals surface area contributed by atoms with Crippen LogP contribution in [0.25, 0.3) is 0 Å². The molecule has 0 aliphatic carbocycles. The molecule has 6 heteroatoms. The lowest BCUT2D eigenvalue weighted by molar-refractivity contribution is 0.0175. The van der Waals surface area contributed by atoms with Gasteiger partial charge in [0.25, 0.3) is 5.88 Å². The van der Waals surface area contributed by atoms with Crippen molar-refractivity contribution in [1.29, 1.82) is 0 Å². The Hall–Kier alpha value is -1.40. The van der Waals surface area contributed by atoms with E-state index >= 15 is 0 Å². The summed E-state index contributed by atoms with van der Waals surface area (Å²) in [6.07, 6.45) is 3.41. The third-order valence-electron chi connectivity index (χ3n) is 3.72. The Balaban J connectivity index is 1.99. The Kier molecular flexibility index (Phi) is 5.76. The molecule has 0 aromatic carbocycles. The molecule has 1 aliphatic heterocycles. The van der Waals surface area contributed by atoms with Gasteiger partial charge in [0.2, 0.25) is 0 Å². The lowest BCUT2D eigenvalue weighted by Crippen LogP contribution is -2.48. The van der Waals surface area contributed by atoms with E-state index in [1.165, 1.54) is 0 Å². The van der Waals surface area contributed by atoms with E-state index in [1.807, 2.05) is 13.8 Å². The quantitative estimate of drug-likeness (QED) is 0.863. The molecule has 0 saturated carbocycles. The molecule has 1 saturated heterocycles. The standard InChI is InChI=1S/C15H26N4O2/c1-11(2)21-15-14(16-5-6-17-15)18-12(3)13(4)19-7-9-20-10-8-19/h5-6,11-13H,7-10H2,1-4H3,(H,16,18). The lowest BCUT2D eigenvalue weighted by Gasteiger charge is -2.36. The van der Waals surface area contributed by atoms with Crippen LogP contribution in [0.4, 0.5) is 5.82 Å². The Morgan fingerprint density at radius 1 is 1.14 bits per heavy atom. The predicted molar refractivity (Wildman–Crippen MR) is 82.7 cm³/mol. The Morgan fingerprint density at radius 2 is 1.81 bits per heavy atom. The number of rotatable bonds is 6. The maximum atomic E-state index is 5.70. The van der Waals surface area contributed by atoms with Crippen molar-refractivity contribution in [2.75, 3.05) is 31.6 Å². The molecular formula is C15H26N4O2. The van der Waals surface area contributed by atoms with Crippen LogP contribution < -0.4 is 10.1 Å². The summed E-state index contributed by atoms with van der Waals surface area (Å²) in [6, 6.07) is 0.636. The van der Waals surface area contributed by atoms with Gasteiger partial charge in [-0.25, -0.2) is 9.97 Å². The zero-order chi connectivity index (χ0) is 15.2. The topological polar surface area (TPSA) is 59.5 Å². The van der Waals surface area contributed by atoms with Crippen molar-refractivity contribution in [1.82, 2.24) is 14.9 Å². The molecule has 2 heterocycles. The molecule has 118 valence electrons. The predicted octanol–water partition coefficient (Wildman–Crippen LogP) is 1.78.